The summed E-state index contributed by atoms with van der Waals surface area (Å²) in [7, 11) is 0. The van der Waals surface area contributed by atoms with Crippen molar-refractivity contribution in [3.05, 3.63) is 62.7 Å². The Hall–Kier alpha value is -2.73. The third kappa shape index (κ3) is 4.48. The van der Waals surface area contributed by atoms with Crippen LogP contribution in [-0.4, -0.2) is 28.2 Å². The number of aromatic amines is 1. The van der Waals surface area contributed by atoms with Crippen molar-refractivity contribution in [3.63, 3.8) is 0 Å². The van der Waals surface area contributed by atoms with E-state index >= 15 is 0 Å². The molecule has 0 aliphatic heterocycles. The molecule has 5 nitrogen and oxygen atoms in total. The summed E-state index contributed by atoms with van der Waals surface area (Å²) < 4.78 is 0. The summed E-state index contributed by atoms with van der Waals surface area (Å²) in [6, 6.07) is 8.47. The Morgan fingerprint density at radius 1 is 1.12 bits per heavy atom. The quantitative estimate of drug-likeness (QED) is 0.461. The Morgan fingerprint density at radius 3 is 2.65 bits per heavy atom. The second-order valence-electron chi connectivity index (χ2n) is 10.4. The van der Waals surface area contributed by atoms with Gasteiger partial charge in [-0.3, -0.25) is 9.59 Å². The number of Topliss-reactive ketones (excluding diaryl/α,β-unsaturated/α-hetero) is 1. The van der Waals surface area contributed by atoms with Gasteiger partial charge in [-0.2, -0.15) is 0 Å². The van der Waals surface area contributed by atoms with Gasteiger partial charge in [0.2, 0.25) is 0 Å². The summed E-state index contributed by atoms with van der Waals surface area (Å²) in [5, 5.41) is 3.17. The Bertz CT molecular complexity index is 1230. The molecule has 3 aliphatic carbocycles. The zero-order valence-corrected chi connectivity index (χ0v) is 20.5. The number of thiophene rings is 1. The molecule has 2 saturated carbocycles. The number of nitrogens with one attached hydrogen (secondary N) is 2. The highest BCUT2D eigenvalue weighted by Gasteiger charge is 2.35. The second kappa shape index (κ2) is 8.81. The number of H-pyrrole nitrogens is 1. The van der Waals surface area contributed by atoms with E-state index in [1.165, 1.54) is 23.3 Å². The molecule has 1 atom stereocenters. The van der Waals surface area contributed by atoms with Crippen LogP contribution in [0.5, 0.6) is 0 Å². The van der Waals surface area contributed by atoms with Crippen LogP contribution >= 0.6 is 11.3 Å². The number of hydrogen-bond acceptors (Lipinski definition) is 4. The van der Waals surface area contributed by atoms with Crippen LogP contribution in [-0.2, 0) is 24.1 Å². The van der Waals surface area contributed by atoms with Gasteiger partial charge in [-0.25, -0.2) is 4.98 Å². The van der Waals surface area contributed by atoms with Gasteiger partial charge in [-0.05, 0) is 68.9 Å². The molecule has 1 unspecified atom stereocenters. The molecule has 0 saturated heterocycles. The number of amides is 1. The fourth-order valence-electron chi connectivity index (χ4n) is 5.04. The predicted octanol–water partition coefficient (Wildman–Crippen LogP) is 5.38. The summed E-state index contributed by atoms with van der Waals surface area (Å²) in [4.78, 5) is 36.5. The van der Waals surface area contributed by atoms with E-state index in [9.17, 15) is 9.59 Å². The van der Waals surface area contributed by atoms with Gasteiger partial charge in [0.05, 0.1) is 17.5 Å². The molecular weight excluding hydrogens is 442 g/mol. The molecule has 0 radical (unpaired) electrons. The first kappa shape index (κ1) is 21.8. The highest BCUT2D eigenvalue weighted by molar-refractivity contribution is 7.12. The van der Waals surface area contributed by atoms with E-state index < -0.39 is 0 Å². The van der Waals surface area contributed by atoms with Crippen molar-refractivity contribution in [2.45, 2.75) is 64.2 Å². The van der Waals surface area contributed by atoms with E-state index in [-0.39, 0.29) is 17.7 Å². The van der Waals surface area contributed by atoms with Crippen LogP contribution in [0.2, 0.25) is 0 Å². The first-order valence-electron chi connectivity index (χ1n) is 12.6. The fraction of sp³-hybridized carbons (Fsp3) is 0.464. The van der Waals surface area contributed by atoms with Crippen LogP contribution < -0.4 is 5.32 Å². The van der Waals surface area contributed by atoms with Crippen LogP contribution in [0.1, 0.15) is 75.1 Å². The number of nitrogens with zero attached hydrogens (tertiary/aromatic N) is 1. The number of aryl methyl sites for hydroxylation is 2. The minimum atomic E-state index is 0.0171. The number of aromatic nitrogens is 2. The molecule has 2 aromatic heterocycles. The lowest BCUT2D eigenvalue weighted by Gasteiger charge is -2.21. The van der Waals surface area contributed by atoms with Gasteiger partial charge >= 0.3 is 0 Å². The summed E-state index contributed by atoms with van der Waals surface area (Å²) in [6.07, 6.45) is 9.52. The average molecular weight is 474 g/mol. The van der Waals surface area contributed by atoms with E-state index in [2.05, 4.69) is 41.5 Å². The van der Waals surface area contributed by atoms with E-state index in [1.807, 2.05) is 6.20 Å². The molecule has 6 heteroatoms. The van der Waals surface area contributed by atoms with E-state index in [0.717, 1.165) is 71.7 Å². The molecule has 2 N–H and O–H groups in total. The number of carbonyl (C=O) groups is 2. The summed E-state index contributed by atoms with van der Waals surface area (Å²) in [6.45, 7) is 2.84. The van der Waals surface area contributed by atoms with Crippen molar-refractivity contribution >= 4 is 23.0 Å². The van der Waals surface area contributed by atoms with E-state index in [0.29, 0.717) is 18.1 Å². The van der Waals surface area contributed by atoms with Crippen LogP contribution in [0.25, 0.3) is 11.3 Å². The van der Waals surface area contributed by atoms with Crippen molar-refractivity contribution in [3.8, 4) is 11.3 Å². The number of carbonyl (C=O) groups excluding carboxylic acids is 2. The lowest BCUT2D eigenvalue weighted by molar-refractivity contribution is -0.119. The number of benzene rings is 1. The van der Waals surface area contributed by atoms with Gasteiger partial charge in [0, 0.05) is 34.6 Å². The van der Waals surface area contributed by atoms with Crippen molar-refractivity contribution in [2.75, 3.05) is 6.54 Å². The highest BCUT2D eigenvalue weighted by atomic mass is 32.1. The van der Waals surface area contributed by atoms with Crippen molar-refractivity contribution in [2.24, 2.45) is 11.8 Å². The number of rotatable bonds is 8. The molecule has 176 valence electrons. The van der Waals surface area contributed by atoms with Gasteiger partial charge in [-0.1, -0.05) is 29.8 Å². The number of fused-ring (bicyclic) bond motifs is 1. The molecule has 34 heavy (non-hydrogen) atoms. The molecule has 1 amide bonds. The molecule has 6 rings (SSSR count). The third-order valence-corrected chi connectivity index (χ3v) is 8.81. The Labute approximate surface area is 204 Å². The molecule has 3 aromatic rings. The number of imidazole rings is 1. The van der Waals surface area contributed by atoms with Gasteiger partial charge in [0.15, 0.2) is 0 Å². The zero-order chi connectivity index (χ0) is 23.2. The standard InChI is InChI=1S/C28H31N3O2S/c1-16-2-6-18(7-3-16)22-15-29-27(31-22)20-10-11-24-21(12-20)26(28(33)30-14-17-4-5-17)25(34-24)13-23(32)19-8-9-19/h2-3,6-7,15,17,19-20H,4-5,8-14H2,1H3,(H,29,31)(H,30,33). The molecule has 2 heterocycles. The first-order valence-corrected chi connectivity index (χ1v) is 13.4. The van der Waals surface area contributed by atoms with Crippen molar-refractivity contribution in [1.29, 1.82) is 0 Å². The molecule has 0 bridgehead atoms. The molecular formula is C28H31N3O2S. The number of hydrogen-bond donors (Lipinski definition) is 2. The van der Waals surface area contributed by atoms with Crippen LogP contribution in [0.3, 0.4) is 0 Å². The topological polar surface area (TPSA) is 74.8 Å². The average Bonchev–Trinajstić information content (AvgIpc) is 3.77. The van der Waals surface area contributed by atoms with Gasteiger partial charge in [-0.15, -0.1) is 11.3 Å². The van der Waals surface area contributed by atoms with Crippen molar-refractivity contribution in [1.82, 2.24) is 15.3 Å². The largest absolute Gasteiger partial charge is 0.352 e. The van der Waals surface area contributed by atoms with Crippen molar-refractivity contribution < 1.29 is 9.59 Å². The minimum Gasteiger partial charge on any atom is -0.352 e. The predicted molar refractivity (Wildman–Crippen MR) is 134 cm³/mol. The van der Waals surface area contributed by atoms with Gasteiger partial charge < -0.3 is 10.3 Å². The monoisotopic (exact) mass is 473 g/mol. The third-order valence-electron chi connectivity index (χ3n) is 7.52. The van der Waals surface area contributed by atoms with Crippen LogP contribution in [0.4, 0.5) is 0 Å². The van der Waals surface area contributed by atoms with Crippen LogP contribution in [0, 0.1) is 18.8 Å². The maximum Gasteiger partial charge on any atom is 0.252 e. The van der Waals surface area contributed by atoms with Gasteiger partial charge in [0.25, 0.3) is 5.91 Å². The molecule has 3 aliphatic rings. The van der Waals surface area contributed by atoms with E-state index in [4.69, 9.17) is 4.98 Å². The summed E-state index contributed by atoms with van der Waals surface area (Å²) in [5.41, 5.74) is 5.36. The van der Waals surface area contributed by atoms with Gasteiger partial charge in [0.1, 0.15) is 11.6 Å². The number of ketones is 1. The van der Waals surface area contributed by atoms with E-state index in [1.54, 1.807) is 11.3 Å². The zero-order valence-electron chi connectivity index (χ0n) is 19.7. The maximum absolute atomic E-state index is 13.3. The summed E-state index contributed by atoms with van der Waals surface area (Å²) in [5.74, 6) is 2.42. The fourth-order valence-corrected chi connectivity index (χ4v) is 6.40. The Morgan fingerprint density at radius 2 is 1.91 bits per heavy atom. The Kier molecular flexibility index (Phi) is 5.64. The SMILES string of the molecule is Cc1ccc(-c2cnc(C3CCc4sc(CC(=O)C5CC5)c(C(=O)NCC5CC5)c4C3)[nH]2)cc1. The molecule has 0 spiro atoms. The molecule has 1 aromatic carbocycles. The van der Waals surface area contributed by atoms with Crippen LogP contribution in [0.15, 0.2) is 30.5 Å². The Balaban J connectivity index is 1.26. The normalized spacial score (nSPS) is 19.6. The lowest BCUT2D eigenvalue weighted by atomic mass is 9.85. The smallest absolute Gasteiger partial charge is 0.252 e. The second-order valence-corrected chi connectivity index (χ2v) is 11.6. The molecule has 2 fully saturated rings. The minimum absolute atomic E-state index is 0.0171. The lowest BCUT2D eigenvalue weighted by Crippen LogP contribution is -2.28. The maximum atomic E-state index is 13.3. The first-order chi connectivity index (χ1) is 16.5. The summed E-state index contributed by atoms with van der Waals surface area (Å²) >= 11 is 1.70. The highest BCUT2D eigenvalue weighted by Crippen LogP contribution is 2.41.